The Morgan fingerprint density at radius 3 is 2.38 bits per heavy atom. The van der Waals surface area contributed by atoms with Crippen LogP contribution in [0.5, 0.6) is 0 Å². The van der Waals surface area contributed by atoms with Gasteiger partial charge in [-0.2, -0.15) is 0 Å². The number of benzene rings is 1. The van der Waals surface area contributed by atoms with E-state index in [1.807, 2.05) is 19.1 Å². The van der Waals surface area contributed by atoms with Gasteiger partial charge in [0, 0.05) is 12.3 Å². The lowest BCUT2D eigenvalue weighted by Gasteiger charge is -2.15. The molecule has 1 atom stereocenters. The van der Waals surface area contributed by atoms with Gasteiger partial charge in [0.25, 0.3) is 5.56 Å². The zero-order valence-electron chi connectivity index (χ0n) is 14.2. The number of aromatic amines is 1. The Bertz CT molecular complexity index is 803. The van der Waals surface area contributed by atoms with Crippen molar-refractivity contribution in [2.24, 2.45) is 5.92 Å². The van der Waals surface area contributed by atoms with Crippen molar-refractivity contribution in [3.63, 3.8) is 0 Å². The van der Waals surface area contributed by atoms with Gasteiger partial charge < -0.3 is 5.32 Å². The first-order valence-electron chi connectivity index (χ1n) is 8.03. The van der Waals surface area contributed by atoms with Crippen LogP contribution in [0.4, 0.5) is 0 Å². The van der Waals surface area contributed by atoms with Crippen LogP contribution >= 0.6 is 0 Å². The topological polar surface area (TPSA) is 84.0 Å². The maximum absolute atomic E-state index is 12.1. The molecule has 2 aromatic rings. The van der Waals surface area contributed by atoms with E-state index in [4.69, 9.17) is 0 Å². The van der Waals surface area contributed by atoms with E-state index in [2.05, 4.69) is 36.3 Å². The van der Waals surface area contributed by atoms with Crippen molar-refractivity contribution < 1.29 is 4.79 Å². The molecule has 1 unspecified atom stereocenters. The number of nitrogens with zero attached hydrogens (tertiary/aromatic N) is 1. The molecule has 0 radical (unpaired) electrons. The van der Waals surface area contributed by atoms with Gasteiger partial charge in [-0.15, -0.1) is 0 Å². The van der Waals surface area contributed by atoms with Crippen molar-refractivity contribution in [3.05, 3.63) is 68.5 Å². The van der Waals surface area contributed by atoms with Gasteiger partial charge in [-0.25, -0.2) is 4.79 Å². The molecule has 0 bridgehead atoms. The summed E-state index contributed by atoms with van der Waals surface area (Å²) in [6, 6.07) is 9.22. The molecule has 24 heavy (non-hydrogen) atoms. The van der Waals surface area contributed by atoms with E-state index < -0.39 is 11.2 Å². The van der Waals surface area contributed by atoms with E-state index in [-0.39, 0.29) is 18.5 Å². The van der Waals surface area contributed by atoms with Crippen molar-refractivity contribution >= 4 is 5.91 Å². The summed E-state index contributed by atoms with van der Waals surface area (Å²) in [5.74, 6) is 0.312. The second kappa shape index (κ2) is 7.77. The van der Waals surface area contributed by atoms with Crippen LogP contribution in [-0.4, -0.2) is 15.5 Å². The number of nitrogens with one attached hydrogen (secondary N) is 2. The van der Waals surface area contributed by atoms with Gasteiger partial charge in [-0.1, -0.05) is 38.1 Å². The second-order valence-corrected chi connectivity index (χ2v) is 6.37. The molecular formula is C18H23N3O3. The van der Waals surface area contributed by atoms with Gasteiger partial charge in [0.15, 0.2) is 0 Å². The molecule has 0 fully saturated rings. The fraction of sp³-hybridized carbons (Fsp3) is 0.389. The predicted molar refractivity (Wildman–Crippen MR) is 92.9 cm³/mol. The molecular weight excluding hydrogens is 306 g/mol. The lowest BCUT2D eigenvalue weighted by atomic mass is 10.00. The summed E-state index contributed by atoms with van der Waals surface area (Å²) in [4.78, 5) is 36.8. The van der Waals surface area contributed by atoms with Crippen molar-refractivity contribution in [1.82, 2.24) is 14.9 Å². The highest BCUT2D eigenvalue weighted by atomic mass is 16.2. The first-order chi connectivity index (χ1) is 11.3. The Morgan fingerprint density at radius 2 is 1.79 bits per heavy atom. The first kappa shape index (κ1) is 17.7. The molecule has 1 heterocycles. The van der Waals surface area contributed by atoms with Crippen LogP contribution in [-0.2, 0) is 17.8 Å². The Kier molecular flexibility index (Phi) is 5.73. The van der Waals surface area contributed by atoms with Crippen molar-refractivity contribution in [3.8, 4) is 0 Å². The molecule has 0 spiro atoms. The highest BCUT2D eigenvalue weighted by Gasteiger charge is 2.11. The molecule has 6 heteroatoms. The molecule has 1 aromatic heterocycles. The summed E-state index contributed by atoms with van der Waals surface area (Å²) in [5.41, 5.74) is 1.20. The summed E-state index contributed by atoms with van der Waals surface area (Å²) < 4.78 is 1.16. The smallest absolute Gasteiger partial charge is 0.328 e. The van der Waals surface area contributed by atoms with Gasteiger partial charge >= 0.3 is 5.69 Å². The molecule has 1 amide bonds. The lowest BCUT2D eigenvalue weighted by molar-refractivity contribution is -0.122. The van der Waals surface area contributed by atoms with Crippen LogP contribution in [0.15, 0.2) is 46.1 Å². The Hall–Kier alpha value is -2.63. The van der Waals surface area contributed by atoms with Gasteiger partial charge in [-0.3, -0.25) is 19.1 Å². The van der Waals surface area contributed by atoms with E-state index in [9.17, 15) is 14.4 Å². The average molecular weight is 329 g/mol. The second-order valence-electron chi connectivity index (χ2n) is 6.37. The molecule has 0 saturated carbocycles. The van der Waals surface area contributed by atoms with Crippen molar-refractivity contribution in [2.75, 3.05) is 0 Å². The predicted octanol–water partition coefficient (Wildman–Crippen LogP) is 1.61. The van der Waals surface area contributed by atoms with Crippen LogP contribution < -0.4 is 16.6 Å². The van der Waals surface area contributed by atoms with E-state index in [0.717, 1.165) is 16.6 Å². The number of hydrogen-bond donors (Lipinski definition) is 2. The number of carbonyl (C=O) groups is 1. The zero-order chi connectivity index (χ0) is 17.7. The van der Waals surface area contributed by atoms with E-state index in [0.29, 0.717) is 5.92 Å². The number of hydrogen-bond acceptors (Lipinski definition) is 3. The minimum Gasteiger partial charge on any atom is -0.348 e. The quantitative estimate of drug-likeness (QED) is 0.844. The monoisotopic (exact) mass is 329 g/mol. The number of carbonyl (C=O) groups excluding carboxylic acids is 1. The molecule has 128 valence electrons. The molecule has 0 aliphatic rings. The van der Waals surface area contributed by atoms with Crippen LogP contribution in [0, 0.1) is 5.92 Å². The maximum atomic E-state index is 12.1. The highest BCUT2D eigenvalue weighted by molar-refractivity contribution is 5.76. The van der Waals surface area contributed by atoms with Crippen LogP contribution in [0.25, 0.3) is 0 Å². The molecule has 0 aliphatic carbocycles. The number of aromatic nitrogens is 2. The zero-order valence-corrected chi connectivity index (χ0v) is 14.2. The summed E-state index contributed by atoms with van der Waals surface area (Å²) in [5, 5.41) is 2.86. The summed E-state index contributed by atoms with van der Waals surface area (Å²) in [6.07, 6.45) is 2.34. The van der Waals surface area contributed by atoms with Gasteiger partial charge in [0.05, 0.1) is 6.04 Å². The minimum atomic E-state index is -0.594. The normalized spacial score (nSPS) is 12.2. The fourth-order valence-electron chi connectivity index (χ4n) is 2.51. The maximum Gasteiger partial charge on any atom is 0.328 e. The van der Waals surface area contributed by atoms with Gasteiger partial charge in [-0.05, 0) is 30.4 Å². The highest BCUT2D eigenvalue weighted by Crippen LogP contribution is 2.15. The van der Waals surface area contributed by atoms with Crippen LogP contribution in [0.2, 0.25) is 0 Å². The molecule has 1 aromatic carbocycles. The van der Waals surface area contributed by atoms with Crippen LogP contribution in [0.1, 0.15) is 37.9 Å². The molecule has 0 aliphatic heterocycles. The Labute approximate surface area is 140 Å². The summed E-state index contributed by atoms with van der Waals surface area (Å²) >= 11 is 0. The standard InChI is InChI=1S/C18H23N3O3/c1-12(2)10-14-4-6-15(7-5-14)13(3)19-17(23)11-21-9-8-16(22)20-18(21)24/h4-9,12-13H,10-11H2,1-3H3,(H,19,23)(H,20,22,24). The summed E-state index contributed by atoms with van der Waals surface area (Å²) in [7, 11) is 0. The lowest BCUT2D eigenvalue weighted by Crippen LogP contribution is -2.36. The van der Waals surface area contributed by atoms with Crippen molar-refractivity contribution in [1.29, 1.82) is 0 Å². The van der Waals surface area contributed by atoms with Gasteiger partial charge in [0.2, 0.25) is 5.91 Å². The number of rotatable bonds is 6. The molecule has 0 saturated heterocycles. The third-order valence-electron chi connectivity index (χ3n) is 3.71. The summed E-state index contributed by atoms with van der Waals surface area (Å²) in [6.45, 7) is 6.11. The van der Waals surface area contributed by atoms with Crippen LogP contribution in [0.3, 0.4) is 0 Å². The van der Waals surface area contributed by atoms with E-state index in [1.165, 1.54) is 17.8 Å². The molecule has 6 nitrogen and oxygen atoms in total. The number of amides is 1. The fourth-order valence-corrected chi connectivity index (χ4v) is 2.51. The third kappa shape index (κ3) is 4.94. The Balaban J connectivity index is 1.98. The third-order valence-corrected chi connectivity index (χ3v) is 3.71. The van der Waals surface area contributed by atoms with E-state index >= 15 is 0 Å². The Morgan fingerprint density at radius 1 is 1.12 bits per heavy atom. The number of H-pyrrole nitrogens is 1. The largest absolute Gasteiger partial charge is 0.348 e. The molecule has 2 rings (SSSR count). The average Bonchev–Trinajstić information content (AvgIpc) is 2.50. The SMILES string of the molecule is CC(C)Cc1ccc(C(C)NC(=O)Cn2ccc(=O)[nH]c2=O)cc1. The van der Waals surface area contributed by atoms with Crippen molar-refractivity contribution in [2.45, 2.75) is 39.8 Å². The van der Waals surface area contributed by atoms with E-state index in [1.54, 1.807) is 0 Å². The van der Waals surface area contributed by atoms with Gasteiger partial charge in [0.1, 0.15) is 6.54 Å². The minimum absolute atomic E-state index is 0.134. The first-order valence-corrected chi connectivity index (χ1v) is 8.03. The molecule has 2 N–H and O–H groups in total.